The van der Waals surface area contributed by atoms with Crippen molar-refractivity contribution >= 4 is 5.69 Å². The van der Waals surface area contributed by atoms with Gasteiger partial charge in [0, 0.05) is 25.3 Å². The van der Waals surface area contributed by atoms with Gasteiger partial charge in [-0.05, 0) is 54.8 Å². The molecular formula is C19H32N2. The number of hydrogen-bond acceptors (Lipinski definition) is 2. The van der Waals surface area contributed by atoms with Gasteiger partial charge in [0.2, 0.25) is 0 Å². The van der Waals surface area contributed by atoms with E-state index in [1.165, 1.54) is 43.6 Å². The Balaban J connectivity index is 1.96. The van der Waals surface area contributed by atoms with E-state index in [9.17, 15) is 0 Å². The first-order valence-electron chi connectivity index (χ1n) is 8.55. The van der Waals surface area contributed by atoms with Crippen LogP contribution >= 0.6 is 0 Å². The molecule has 0 spiro atoms. The quantitative estimate of drug-likeness (QED) is 0.880. The molecule has 0 aromatic heterocycles. The lowest BCUT2D eigenvalue weighted by Gasteiger charge is -2.30. The molecule has 2 rings (SSSR count). The fraction of sp³-hybridized carbons (Fsp3) is 0.684. The van der Waals surface area contributed by atoms with Crippen LogP contribution in [0.15, 0.2) is 24.3 Å². The minimum absolute atomic E-state index is 0.450. The molecule has 0 radical (unpaired) electrons. The summed E-state index contributed by atoms with van der Waals surface area (Å²) in [4.78, 5) is 2.57. The summed E-state index contributed by atoms with van der Waals surface area (Å²) < 4.78 is 0. The first-order chi connectivity index (χ1) is 10.0. The van der Waals surface area contributed by atoms with Gasteiger partial charge in [-0.25, -0.2) is 0 Å². The Morgan fingerprint density at radius 2 is 1.81 bits per heavy atom. The van der Waals surface area contributed by atoms with Crippen LogP contribution < -0.4 is 10.2 Å². The third-order valence-electron chi connectivity index (χ3n) is 4.83. The Morgan fingerprint density at radius 3 is 2.43 bits per heavy atom. The van der Waals surface area contributed by atoms with Gasteiger partial charge in [-0.3, -0.25) is 0 Å². The Bertz CT molecular complexity index is 416. The van der Waals surface area contributed by atoms with Gasteiger partial charge in [0.1, 0.15) is 0 Å². The highest BCUT2D eigenvalue weighted by Crippen LogP contribution is 2.35. The van der Waals surface area contributed by atoms with E-state index >= 15 is 0 Å². The molecule has 0 amide bonds. The van der Waals surface area contributed by atoms with Crippen LogP contribution in [0.3, 0.4) is 0 Å². The molecule has 2 heteroatoms. The molecule has 1 saturated heterocycles. The Morgan fingerprint density at radius 1 is 1.10 bits per heavy atom. The van der Waals surface area contributed by atoms with Crippen molar-refractivity contribution in [3.8, 4) is 0 Å². The molecule has 118 valence electrons. The molecular weight excluding hydrogens is 256 g/mol. The lowest BCUT2D eigenvalue weighted by atomic mass is 9.77. The van der Waals surface area contributed by atoms with E-state index in [4.69, 9.17) is 0 Å². The number of nitrogens with one attached hydrogen (secondary N) is 1. The Kier molecular flexibility index (Phi) is 5.69. The Labute approximate surface area is 130 Å². The maximum atomic E-state index is 3.38. The number of anilines is 1. The van der Waals surface area contributed by atoms with Gasteiger partial charge < -0.3 is 10.2 Å². The van der Waals surface area contributed by atoms with Crippen LogP contribution in [0.25, 0.3) is 0 Å². The summed E-state index contributed by atoms with van der Waals surface area (Å²) >= 11 is 0. The van der Waals surface area contributed by atoms with Crippen LogP contribution in [0.5, 0.6) is 0 Å². The molecule has 1 aliphatic heterocycles. The monoisotopic (exact) mass is 288 g/mol. The topological polar surface area (TPSA) is 15.3 Å². The van der Waals surface area contributed by atoms with E-state index in [0.717, 1.165) is 19.0 Å². The lowest BCUT2D eigenvalue weighted by Crippen LogP contribution is -2.26. The molecule has 0 aliphatic carbocycles. The average Bonchev–Trinajstić information content (AvgIpc) is 2.71. The number of hydrogen-bond donors (Lipinski definition) is 1. The van der Waals surface area contributed by atoms with Gasteiger partial charge in [-0.15, -0.1) is 0 Å². The maximum Gasteiger partial charge on any atom is 0.0366 e. The predicted octanol–water partition coefficient (Wildman–Crippen LogP) is 4.45. The summed E-state index contributed by atoms with van der Waals surface area (Å²) in [6.45, 7) is 13.7. The second kappa shape index (κ2) is 7.31. The summed E-state index contributed by atoms with van der Waals surface area (Å²) in [5.41, 5.74) is 3.22. The molecule has 0 saturated carbocycles. The van der Waals surface area contributed by atoms with Crippen molar-refractivity contribution in [1.29, 1.82) is 0 Å². The van der Waals surface area contributed by atoms with Gasteiger partial charge in [-0.2, -0.15) is 0 Å². The van der Waals surface area contributed by atoms with E-state index in [0.29, 0.717) is 5.41 Å². The molecule has 1 fully saturated rings. The summed E-state index contributed by atoms with van der Waals surface area (Å²) in [5, 5.41) is 3.38. The maximum absolute atomic E-state index is 3.38. The predicted molar refractivity (Wildman–Crippen MR) is 92.8 cm³/mol. The van der Waals surface area contributed by atoms with Crippen molar-refractivity contribution in [2.45, 2.75) is 53.5 Å². The number of nitrogens with zero attached hydrogens (tertiary/aromatic N) is 1. The van der Waals surface area contributed by atoms with E-state index in [2.05, 4.69) is 62.2 Å². The van der Waals surface area contributed by atoms with Crippen molar-refractivity contribution in [2.24, 2.45) is 11.3 Å². The lowest BCUT2D eigenvalue weighted by molar-refractivity contribution is 0.220. The Hall–Kier alpha value is -1.02. The highest BCUT2D eigenvalue weighted by atomic mass is 15.1. The molecule has 2 nitrogen and oxygen atoms in total. The highest BCUT2D eigenvalue weighted by Gasteiger charge is 2.27. The van der Waals surface area contributed by atoms with Crippen molar-refractivity contribution in [1.82, 2.24) is 5.32 Å². The molecule has 1 aromatic carbocycles. The van der Waals surface area contributed by atoms with Gasteiger partial charge in [-0.1, -0.05) is 39.8 Å². The highest BCUT2D eigenvalue weighted by molar-refractivity contribution is 5.47. The van der Waals surface area contributed by atoms with Gasteiger partial charge >= 0.3 is 0 Å². The summed E-state index contributed by atoms with van der Waals surface area (Å²) in [7, 11) is 0. The molecule has 1 aromatic rings. The average molecular weight is 288 g/mol. The van der Waals surface area contributed by atoms with Gasteiger partial charge in [0.15, 0.2) is 0 Å². The molecule has 1 N–H and O–H groups in total. The van der Waals surface area contributed by atoms with Crippen LogP contribution in [0.2, 0.25) is 0 Å². The summed E-state index contributed by atoms with van der Waals surface area (Å²) in [5.74, 6) is 0.857. The normalized spacial score (nSPS) is 20.4. The number of benzene rings is 1. The van der Waals surface area contributed by atoms with Crippen molar-refractivity contribution < 1.29 is 0 Å². The second-order valence-corrected chi connectivity index (χ2v) is 7.43. The largest absolute Gasteiger partial charge is 0.372 e. The minimum Gasteiger partial charge on any atom is -0.372 e. The summed E-state index contributed by atoms with van der Waals surface area (Å²) in [6.07, 6.45) is 4.02. The van der Waals surface area contributed by atoms with E-state index < -0.39 is 0 Å². The third kappa shape index (κ3) is 4.74. The van der Waals surface area contributed by atoms with Crippen LogP contribution in [-0.4, -0.2) is 19.6 Å². The molecule has 1 heterocycles. The zero-order valence-electron chi connectivity index (χ0n) is 14.3. The minimum atomic E-state index is 0.450. The first-order valence-corrected chi connectivity index (χ1v) is 8.55. The number of rotatable bonds is 4. The fourth-order valence-corrected chi connectivity index (χ4v) is 3.31. The van der Waals surface area contributed by atoms with Crippen molar-refractivity contribution in [2.75, 3.05) is 24.5 Å². The van der Waals surface area contributed by atoms with Gasteiger partial charge in [0.05, 0.1) is 0 Å². The van der Waals surface area contributed by atoms with E-state index in [1.807, 2.05) is 0 Å². The smallest absolute Gasteiger partial charge is 0.0366 e. The molecule has 1 unspecified atom stereocenters. The fourth-order valence-electron chi connectivity index (χ4n) is 3.31. The first kappa shape index (κ1) is 16.4. The second-order valence-electron chi connectivity index (χ2n) is 7.43. The molecule has 1 aliphatic rings. The van der Waals surface area contributed by atoms with E-state index in [-0.39, 0.29) is 0 Å². The van der Waals surface area contributed by atoms with Crippen LogP contribution in [0.4, 0.5) is 5.69 Å². The SMILES string of the molecule is CCNCc1ccc(N2CCCC(C(C)(C)C)CC2)cc1. The zero-order chi connectivity index (χ0) is 15.3. The third-order valence-corrected chi connectivity index (χ3v) is 4.83. The zero-order valence-corrected chi connectivity index (χ0v) is 14.3. The standard InChI is InChI=1S/C19H32N2/c1-5-20-15-16-8-10-18(11-9-16)21-13-6-7-17(12-14-21)19(2,3)4/h8-11,17,20H,5-7,12-15H2,1-4H3. The summed E-state index contributed by atoms with van der Waals surface area (Å²) in [6, 6.07) is 9.13. The molecule has 1 atom stereocenters. The van der Waals surface area contributed by atoms with Crippen LogP contribution in [0, 0.1) is 11.3 Å². The van der Waals surface area contributed by atoms with E-state index in [1.54, 1.807) is 0 Å². The van der Waals surface area contributed by atoms with Crippen LogP contribution in [0.1, 0.15) is 52.5 Å². The van der Waals surface area contributed by atoms with Crippen LogP contribution in [-0.2, 0) is 6.54 Å². The van der Waals surface area contributed by atoms with Gasteiger partial charge in [0.25, 0.3) is 0 Å². The molecule has 0 bridgehead atoms. The van der Waals surface area contributed by atoms with Crippen molar-refractivity contribution in [3.63, 3.8) is 0 Å². The van der Waals surface area contributed by atoms with Crippen molar-refractivity contribution in [3.05, 3.63) is 29.8 Å². The molecule has 21 heavy (non-hydrogen) atoms.